The van der Waals surface area contributed by atoms with Gasteiger partial charge in [-0.3, -0.25) is 0 Å². The third-order valence-corrected chi connectivity index (χ3v) is 3.93. The van der Waals surface area contributed by atoms with Crippen LogP contribution in [0.3, 0.4) is 0 Å². The normalized spacial score (nSPS) is 12.0. The molecule has 0 saturated carbocycles. The third kappa shape index (κ3) is 3.38. The second kappa shape index (κ2) is 6.37. The second-order valence-corrected chi connectivity index (χ2v) is 5.49. The number of esters is 1. The molecular formula is C16H14N2O2S. The first-order valence-corrected chi connectivity index (χ1v) is 7.46. The number of hydrogen-bond donors (Lipinski definition) is 0. The molecule has 5 heteroatoms. The highest BCUT2D eigenvalue weighted by atomic mass is 32.1. The highest BCUT2D eigenvalue weighted by molar-refractivity contribution is 7.11. The smallest absolute Gasteiger partial charge is 0.348 e. The van der Waals surface area contributed by atoms with E-state index in [0.29, 0.717) is 11.4 Å². The number of thiophene rings is 1. The van der Waals surface area contributed by atoms with E-state index in [0.717, 1.165) is 5.56 Å². The van der Waals surface area contributed by atoms with Crippen molar-refractivity contribution in [3.8, 4) is 0 Å². The largest absolute Gasteiger partial charge is 0.451 e. The molecule has 3 rings (SSSR count). The molecule has 3 aromatic rings. The maximum Gasteiger partial charge on any atom is 0.348 e. The quantitative estimate of drug-likeness (QED) is 0.677. The topological polar surface area (TPSA) is 44.1 Å². The first-order valence-electron chi connectivity index (χ1n) is 6.58. The first kappa shape index (κ1) is 13.6. The number of aromatic nitrogens is 2. The standard InChI is InChI=1S/C16H14N2O2S/c19-16(15-7-4-10-21-15)20-14(11-18-9-8-17-12-18)13-5-2-1-3-6-13/h1-10,12,14H,11H2. The minimum atomic E-state index is -0.338. The molecule has 0 aliphatic carbocycles. The lowest BCUT2D eigenvalue weighted by molar-refractivity contribution is 0.0261. The lowest BCUT2D eigenvalue weighted by Crippen LogP contribution is -2.16. The molecule has 2 aromatic heterocycles. The van der Waals surface area contributed by atoms with E-state index in [1.807, 2.05) is 52.5 Å². The maximum atomic E-state index is 12.2. The Bertz CT molecular complexity index is 678. The molecule has 0 aliphatic rings. The van der Waals surface area contributed by atoms with E-state index >= 15 is 0 Å². The van der Waals surface area contributed by atoms with Gasteiger partial charge in [-0.15, -0.1) is 11.3 Å². The first-order chi connectivity index (χ1) is 10.3. The van der Waals surface area contributed by atoms with E-state index in [9.17, 15) is 4.79 Å². The van der Waals surface area contributed by atoms with Gasteiger partial charge in [-0.2, -0.15) is 0 Å². The predicted molar refractivity (Wildman–Crippen MR) is 81.1 cm³/mol. The van der Waals surface area contributed by atoms with Crippen molar-refractivity contribution < 1.29 is 9.53 Å². The molecule has 0 fully saturated rings. The molecule has 1 unspecified atom stereocenters. The van der Waals surface area contributed by atoms with Crippen molar-refractivity contribution in [2.24, 2.45) is 0 Å². The van der Waals surface area contributed by atoms with Crippen LogP contribution in [0.4, 0.5) is 0 Å². The Morgan fingerprint density at radius 3 is 2.76 bits per heavy atom. The van der Waals surface area contributed by atoms with Gasteiger partial charge in [-0.05, 0) is 17.0 Å². The molecule has 0 bridgehead atoms. The summed E-state index contributed by atoms with van der Waals surface area (Å²) in [4.78, 5) is 16.8. The van der Waals surface area contributed by atoms with Gasteiger partial charge >= 0.3 is 5.97 Å². The predicted octanol–water partition coefficient (Wildman–Crippen LogP) is 3.54. The van der Waals surface area contributed by atoms with E-state index in [-0.39, 0.29) is 12.1 Å². The highest BCUT2D eigenvalue weighted by Gasteiger charge is 2.19. The molecule has 0 aliphatic heterocycles. The Labute approximate surface area is 126 Å². The zero-order valence-electron chi connectivity index (χ0n) is 11.3. The third-order valence-electron chi connectivity index (χ3n) is 3.08. The van der Waals surface area contributed by atoms with Crippen molar-refractivity contribution in [1.29, 1.82) is 0 Å². The van der Waals surface area contributed by atoms with E-state index in [1.165, 1.54) is 11.3 Å². The summed E-state index contributed by atoms with van der Waals surface area (Å²) in [5, 5.41) is 1.87. The van der Waals surface area contributed by atoms with Gasteiger partial charge in [-0.25, -0.2) is 9.78 Å². The lowest BCUT2D eigenvalue weighted by atomic mass is 10.1. The summed E-state index contributed by atoms with van der Waals surface area (Å²) >= 11 is 1.38. The van der Waals surface area contributed by atoms with Crippen molar-refractivity contribution in [1.82, 2.24) is 9.55 Å². The molecule has 0 N–H and O–H groups in total. The zero-order valence-corrected chi connectivity index (χ0v) is 12.1. The molecule has 106 valence electrons. The Morgan fingerprint density at radius 1 is 1.24 bits per heavy atom. The number of carbonyl (C=O) groups excluding carboxylic acids is 1. The number of ether oxygens (including phenoxy) is 1. The van der Waals surface area contributed by atoms with Gasteiger partial charge in [0.25, 0.3) is 0 Å². The Kier molecular flexibility index (Phi) is 4.12. The molecule has 1 atom stereocenters. The number of imidazole rings is 1. The van der Waals surface area contributed by atoms with Crippen LogP contribution in [-0.4, -0.2) is 15.5 Å². The molecule has 0 saturated heterocycles. The van der Waals surface area contributed by atoms with Gasteiger partial charge in [0.2, 0.25) is 0 Å². The molecule has 4 nitrogen and oxygen atoms in total. The van der Waals surface area contributed by atoms with Crippen LogP contribution in [-0.2, 0) is 11.3 Å². The number of nitrogens with zero attached hydrogens (tertiary/aromatic N) is 2. The highest BCUT2D eigenvalue weighted by Crippen LogP contribution is 2.22. The van der Waals surface area contributed by atoms with Gasteiger partial charge in [0.05, 0.1) is 12.9 Å². The molecule has 21 heavy (non-hydrogen) atoms. The van der Waals surface area contributed by atoms with E-state index < -0.39 is 0 Å². The number of hydrogen-bond acceptors (Lipinski definition) is 4. The Hall–Kier alpha value is -2.40. The van der Waals surface area contributed by atoms with Crippen molar-refractivity contribution in [2.75, 3.05) is 0 Å². The second-order valence-electron chi connectivity index (χ2n) is 4.54. The van der Waals surface area contributed by atoms with E-state index in [1.54, 1.807) is 18.6 Å². The van der Waals surface area contributed by atoms with Gasteiger partial charge in [0.1, 0.15) is 11.0 Å². The van der Waals surface area contributed by atoms with Crippen LogP contribution in [0, 0.1) is 0 Å². The van der Waals surface area contributed by atoms with Gasteiger partial charge in [-0.1, -0.05) is 36.4 Å². The Balaban J connectivity index is 1.80. The summed E-state index contributed by atoms with van der Waals surface area (Å²) in [6.07, 6.45) is 4.95. The van der Waals surface area contributed by atoms with Crippen LogP contribution in [0.5, 0.6) is 0 Å². The molecule has 2 heterocycles. The summed E-state index contributed by atoms with van der Waals surface area (Å²) in [7, 11) is 0. The maximum absolute atomic E-state index is 12.2. The van der Waals surface area contributed by atoms with Crippen molar-refractivity contribution in [2.45, 2.75) is 12.6 Å². The molecular weight excluding hydrogens is 284 g/mol. The van der Waals surface area contributed by atoms with Crippen LogP contribution in [0.25, 0.3) is 0 Å². The summed E-state index contributed by atoms with van der Waals surface area (Å²) in [6, 6.07) is 13.4. The minimum Gasteiger partial charge on any atom is -0.451 e. The van der Waals surface area contributed by atoms with Gasteiger partial charge < -0.3 is 9.30 Å². The Morgan fingerprint density at radius 2 is 2.10 bits per heavy atom. The average molecular weight is 298 g/mol. The van der Waals surface area contributed by atoms with Gasteiger partial charge in [0, 0.05) is 12.4 Å². The van der Waals surface area contributed by atoms with Crippen LogP contribution in [0.1, 0.15) is 21.3 Å². The van der Waals surface area contributed by atoms with Crippen molar-refractivity contribution >= 4 is 17.3 Å². The summed E-state index contributed by atoms with van der Waals surface area (Å²) < 4.78 is 7.58. The zero-order chi connectivity index (χ0) is 14.5. The van der Waals surface area contributed by atoms with E-state index in [4.69, 9.17) is 4.74 Å². The SMILES string of the molecule is O=C(OC(Cn1ccnc1)c1ccccc1)c1cccs1. The number of benzene rings is 1. The van der Waals surface area contributed by atoms with Gasteiger partial charge in [0.15, 0.2) is 0 Å². The van der Waals surface area contributed by atoms with E-state index in [2.05, 4.69) is 4.98 Å². The van der Waals surface area contributed by atoms with Crippen LogP contribution in [0.2, 0.25) is 0 Å². The molecule has 1 aromatic carbocycles. The molecule has 0 radical (unpaired) electrons. The molecule has 0 spiro atoms. The fraction of sp³-hybridized carbons (Fsp3) is 0.125. The van der Waals surface area contributed by atoms with Crippen LogP contribution >= 0.6 is 11.3 Å². The fourth-order valence-corrected chi connectivity index (χ4v) is 2.65. The lowest BCUT2D eigenvalue weighted by Gasteiger charge is -2.18. The average Bonchev–Trinajstić information content (AvgIpc) is 3.21. The number of rotatable bonds is 5. The summed E-state index contributed by atoms with van der Waals surface area (Å²) in [5.41, 5.74) is 0.969. The number of carbonyl (C=O) groups is 1. The van der Waals surface area contributed by atoms with Crippen molar-refractivity contribution in [3.05, 3.63) is 77.0 Å². The summed E-state index contributed by atoms with van der Waals surface area (Å²) in [6.45, 7) is 0.543. The van der Waals surface area contributed by atoms with Crippen LogP contribution in [0.15, 0.2) is 66.6 Å². The monoisotopic (exact) mass is 298 g/mol. The fourth-order valence-electron chi connectivity index (χ4n) is 2.05. The minimum absolute atomic E-state index is 0.293. The molecule has 0 amide bonds. The van der Waals surface area contributed by atoms with Crippen LogP contribution < -0.4 is 0 Å². The summed E-state index contributed by atoms with van der Waals surface area (Å²) in [5.74, 6) is -0.293. The van der Waals surface area contributed by atoms with Crippen molar-refractivity contribution in [3.63, 3.8) is 0 Å².